The van der Waals surface area contributed by atoms with E-state index in [2.05, 4.69) is 181 Å². The number of rotatable bonds is 5. The fourth-order valence-electron chi connectivity index (χ4n) is 6.31. The summed E-state index contributed by atoms with van der Waals surface area (Å²) in [5.74, 6) is 0. The van der Waals surface area contributed by atoms with Gasteiger partial charge in [0.05, 0.1) is 0 Å². The smallest absolute Gasteiger partial charge is 0.0467 e. The fraction of sp³-hybridized carbons (Fsp3) is 0. The summed E-state index contributed by atoms with van der Waals surface area (Å²) in [6.45, 7) is 0. The van der Waals surface area contributed by atoms with Gasteiger partial charge in [0.25, 0.3) is 0 Å². The second kappa shape index (κ2) is 10.6. The summed E-state index contributed by atoms with van der Waals surface area (Å²) in [5, 5.41) is 7.64. The van der Waals surface area contributed by atoms with Crippen LogP contribution in [0.25, 0.3) is 54.6 Å². The van der Waals surface area contributed by atoms with E-state index in [1.165, 1.54) is 54.6 Å². The van der Waals surface area contributed by atoms with Crippen LogP contribution in [0, 0.1) is 0 Å². The number of fused-ring (bicyclic) bond motifs is 4. The Kier molecular flexibility index (Phi) is 6.20. The van der Waals surface area contributed by atoms with Crippen molar-refractivity contribution < 1.29 is 0 Å². The molecule has 8 aromatic rings. The van der Waals surface area contributed by atoms with Crippen LogP contribution in [0.15, 0.2) is 176 Å². The molecule has 0 aliphatic heterocycles. The molecule has 0 aliphatic carbocycles. The summed E-state index contributed by atoms with van der Waals surface area (Å²) < 4.78 is 0. The van der Waals surface area contributed by atoms with Crippen molar-refractivity contribution in [2.45, 2.75) is 0 Å². The van der Waals surface area contributed by atoms with Crippen LogP contribution in [0.4, 0.5) is 17.1 Å². The van der Waals surface area contributed by atoms with E-state index in [1.54, 1.807) is 0 Å². The molecule has 0 N–H and O–H groups in total. The number of anilines is 3. The molecule has 0 saturated heterocycles. The summed E-state index contributed by atoms with van der Waals surface area (Å²) in [6.07, 6.45) is 0. The van der Waals surface area contributed by atoms with Crippen molar-refractivity contribution in [1.29, 1.82) is 0 Å². The molecule has 0 unspecified atom stereocenters. The van der Waals surface area contributed by atoms with Gasteiger partial charge in [-0.2, -0.15) is 0 Å². The fourth-order valence-corrected chi connectivity index (χ4v) is 6.31. The van der Waals surface area contributed by atoms with Crippen molar-refractivity contribution >= 4 is 49.4 Å². The molecule has 0 radical (unpaired) electrons. The maximum absolute atomic E-state index is 2.34. The molecule has 0 saturated carbocycles. The Morgan fingerprint density at radius 3 is 1.70 bits per heavy atom. The first kappa shape index (κ1) is 25.1. The lowest BCUT2D eigenvalue weighted by Gasteiger charge is -2.26. The molecule has 8 aromatic carbocycles. The number of hydrogen-bond donors (Lipinski definition) is 0. The number of nitrogens with zero attached hydrogens (tertiary/aromatic N) is 1. The van der Waals surface area contributed by atoms with Crippen LogP contribution in [-0.2, 0) is 0 Å². The molecule has 0 amide bonds. The highest BCUT2D eigenvalue weighted by atomic mass is 15.1. The molecule has 0 fully saturated rings. The molecule has 0 spiro atoms. The molecule has 0 aromatic heterocycles. The van der Waals surface area contributed by atoms with Crippen molar-refractivity contribution in [3.63, 3.8) is 0 Å². The van der Waals surface area contributed by atoms with E-state index >= 15 is 0 Å². The van der Waals surface area contributed by atoms with Gasteiger partial charge in [-0.05, 0) is 97.0 Å². The topological polar surface area (TPSA) is 3.24 Å². The zero-order valence-corrected chi connectivity index (χ0v) is 23.7. The van der Waals surface area contributed by atoms with E-state index in [4.69, 9.17) is 0 Å². The minimum Gasteiger partial charge on any atom is -0.310 e. The molecular formula is C42H29N. The van der Waals surface area contributed by atoms with Crippen LogP contribution >= 0.6 is 0 Å². The average molecular weight is 548 g/mol. The second-order valence-corrected chi connectivity index (χ2v) is 11.0. The lowest BCUT2D eigenvalue weighted by atomic mass is 9.97. The number of para-hydroxylation sites is 1. The van der Waals surface area contributed by atoms with E-state index in [1.807, 2.05) is 0 Å². The molecule has 1 heteroatoms. The van der Waals surface area contributed by atoms with Crippen molar-refractivity contribution in [2.24, 2.45) is 0 Å². The van der Waals surface area contributed by atoms with Gasteiger partial charge in [-0.1, -0.05) is 133 Å². The monoisotopic (exact) mass is 547 g/mol. The normalized spacial score (nSPS) is 11.3. The minimum atomic E-state index is 1.12. The Labute approximate surface area is 251 Å². The molecule has 202 valence electrons. The molecule has 1 nitrogen and oxygen atoms in total. The van der Waals surface area contributed by atoms with Crippen molar-refractivity contribution in [3.05, 3.63) is 176 Å². The van der Waals surface area contributed by atoms with Crippen LogP contribution in [0.5, 0.6) is 0 Å². The van der Waals surface area contributed by atoms with Gasteiger partial charge in [0.15, 0.2) is 0 Å². The second-order valence-electron chi connectivity index (χ2n) is 11.0. The van der Waals surface area contributed by atoms with Gasteiger partial charge in [0.1, 0.15) is 0 Å². The molecule has 0 atom stereocenters. The highest BCUT2D eigenvalue weighted by Crippen LogP contribution is 2.39. The van der Waals surface area contributed by atoms with Gasteiger partial charge in [0.2, 0.25) is 0 Å². The molecular weight excluding hydrogens is 518 g/mol. The third-order valence-corrected chi connectivity index (χ3v) is 8.42. The standard InChI is InChI=1S/C42H29N/c1-2-14-36(15-3-1)43(38-16-8-13-34(29-38)41-19-9-12-31-10-4-6-17-39(31)41)37-25-22-30(23-26-37)33-24-27-42-35(28-33)21-20-32-11-5-7-18-40(32)42/h1-29H. The largest absolute Gasteiger partial charge is 0.310 e. The predicted octanol–water partition coefficient (Wildman–Crippen LogP) is 11.9. The van der Waals surface area contributed by atoms with Crippen LogP contribution in [0.1, 0.15) is 0 Å². The quantitative estimate of drug-likeness (QED) is 0.194. The Morgan fingerprint density at radius 2 is 0.860 bits per heavy atom. The van der Waals surface area contributed by atoms with E-state index in [9.17, 15) is 0 Å². The van der Waals surface area contributed by atoms with Crippen LogP contribution in [0.3, 0.4) is 0 Å². The summed E-state index contributed by atoms with van der Waals surface area (Å²) in [5.41, 5.74) is 8.25. The average Bonchev–Trinajstić information content (AvgIpc) is 3.09. The number of hydrogen-bond acceptors (Lipinski definition) is 1. The molecule has 0 aliphatic rings. The Balaban J connectivity index is 1.19. The molecule has 0 heterocycles. The Hall–Kier alpha value is -5.66. The lowest BCUT2D eigenvalue weighted by Crippen LogP contribution is -2.09. The van der Waals surface area contributed by atoms with E-state index < -0.39 is 0 Å². The van der Waals surface area contributed by atoms with Gasteiger partial charge >= 0.3 is 0 Å². The van der Waals surface area contributed by atoms with Crippen LogP contribution in [0.2, 0.25) is 0 Å². The van der Waals surface area contributed by atoms with Crippen molar-refractivity contribution in [3.8, 4) is 22.3 Å². The van der Waals surface area contributed by atoms with Crippen molar-refractivity contribution in [2.75, 3.05) is 4.90 Å². The van der Waals surface area contributed by atoms with Crippen LogP contribution in [-0.4, -0.2) is 0 Å². The van der Waals surface area contributed by atoms with Gasteiger partial charge in [0, 0.05) is 17.1 Å². The molecule has 43 heavy (non-hydrogen) atoms. The molecule has 0 bridgehead atoms. The van der Waals surface area contributed by atoms with E-state index in [-0.39, 0.29) is 0 Å². The molecule has 8 rings (SSSR count). The zero-order valence-electron chi connectivity index (χ0n) is 23.7. The van der Waals surface area contributed by atoms with E-state index in [0.29, 0.717) is 0 Å². The summed E-state index contributed by atoms with van der Waals surface area (Å²) in [7, 11) is 0. The lowest BCUT2D eigenvalue weighted by molar-refractivity contribution is 1.28. The highest BCUT2D eigenvalue weighted by Gasteiger charge is 2.14. The summed E-state index contributed by atoms with van der Waals surface area (Å²) >= 11 is 0. The van der Waals surface area contributed by atoms with Gasteiger partial charge in [-0.25, -0.2) is 0 Å². The maximum Gasteiger partial charge on any atom is 0.0467 e. The summed E-state index contributed by atoms with van der Waals surface area (Å²) in [6, 6.07) is 63.4. The predicted molar refractivity (Wildman–Crippen MR) is 185 cm³/mol. The Morgan fingerprint density at radius 1 is 0.279 bits per heavy atom. The van der Waals surface area contributed by atoms with Crippen molar-refractivity contribution in [1.82, 2.24) is 0 Å². The first-order valence-corrected chi connectivity index (χ1v) is 14.8. The maximum atomic E-state index is 2.34. The summed E-state index contributed by atoms with van der Waals surface area (Å²) in [4.78, 5) is 2.34. The zero-order chi connectivity index (χ0) is 28.6. The first-order valence-electron chi connectivity index (χ1n) is 14.8. The first-order chi connectivity index (χ1) is 21.3. The third kappa shape index (κ3) is 4.62. The van der Waals surface area contributed by atoms with Gasteiger partial charge in [-0.15, -0.1) is 0 Å². The Bertz CT molecular complexity index is 2220. The third-order valence-electron chi connectivity index (χ3n) is 8.42. The highest BCUT2D eigenvalue weighted by molar-refractivity contribution is 6.08. The number of benzene rings is 8. The van der Waals surface area contributed by atoms with Gasteiger partial charge in [-0.3, -0.25) is 0 Å². The van der Waals surface area contributed by atoms with E-state index in [0.717, 1.165) is 17.1 Å². The SMILES string of the molecule is c1ccc(N(c2ccc(-c3ccc4c(ccc5ccccc54)c3)cc2)c2cccc(-c3cccc4ccccc34)c2)cc1. The van der Waals surface area contributed by atoms with Crippen LogP contribution < -0.4 is 4.90 Å². The minimum absolute atomic E-state index is 1.12. The van der Waals surface area contributed by atoms with Gasteiger partial charge < -0.3 is 4.90 Å².